The minimum atomic E-state index is -1.05. The topological polar surface area (TPSA) is 58.2 Å². The van der Waals surface area contributed by atoms with Gasteiger partial charge in [0.25, 0.3) is 0 Å². The van der Waals surface area contributed by atoms with Crippen molar-refractivity contribution in [2.75, 3.05) is 5.32 Å². The van der Waals surface area contributed by atoms with Crippen molar-refractivity contribution in [3.63, 3.8) is 0 Å². The number of hydrogen-bond donors (Lipinski definition) is 2. The van der Waals surface area contributed by atoms with Crippen molar-refractivity contribution in [3.8, 4) is 0 Å². The van der Waals surface area contributed by atoms with E-state index in [2.05, 4.69) is 10.6 Å². The fourth-order valence-corrected chi connectivity index (χ4v) is 2.63. The lowest BCUT2D eigenvalue weighted by Crippen LogP contribution is -2.39. The summed E-state index contributed by atoms with van der Waals surface area (Å²) in [5, 5.41) is 5.37. The molecule has 1 saturated carbocycles. The van der Waals surface area contributed by atoms with Crippen LogP contribution in [0.1, 0.15) is 18.4 Å². The van der Waals surface area contributed by atoms with Gasteiger partial charge in [0.1, 0.15) is 11.2 Å². The molecule has 124 valence electrons. The van der Waals surface area contributed by atoms with Crippen molar-refractivity contribution in [1.82, 2.24) is 5.32 Å². The van der Waals surface area contributed by atoms with Crippen LogP contribution < -0.4 is 10.6 Å². The molecule has 3 rings (SSSR count). The highest BCUT2D eigenvalue weighted by Crippen LogP contribution is 2.47. The van der Waals surface area contributed by atoms with Crippen molar-refractivity contribution in [3.05, 3.63) is 64.9 Å². The lowest BCUT2D eigenvalue weighted by molar-refractivity contribution is -0.134. The predicted octanol–water partition coefficient (Wildman–Crippen LogP) is 3.51. The van der Waals surface area contributed by atoms with E-state index in [1.165, 1.54) is 18.2 Å². The van der Waals surface area contributed by atoms with Gasteiger partial charge in [0, 0.05) is 12.2 Å². The molecule has 0 heterocycles. The number of rotatable bonds is 5. The maximum absolute atomic E-state index is 13.2. The van der Waals surface area contributed by atoms with Crippen LogP contribution in [0.15, 0.2) is 48.5 Å². The van der Waals surface area contributed by atoms with Gasteiger partial charge in [-0.25, -0.2) is 4.39 Å². The van der Waals surface area contributed by atoms with E-state index in [0.717, 1.165) is 5.56 Å². The Morgan fingerprint density at radius 1 is 1.08 bits per heavy atom. The first-order valence-corrected chi connectivity index (χ1v) is 7.98. The van der Waals surface area contributed by atoms with Crippen molar-refractivity contribution < 1.29 is 14.0 Å². The highest BCUT2D eigenvalue weighted by atomic mass is 35.5. The number of hydrogen-bond acceptors (Lipinski definition) is 2. The summed E-state index contributed by atoms with van der Waals surface area (Å²) < 4.78 is 13.2. The number of carbonyl (C=O) groups is 2. The first-order chi connectivity index (χ1) is 11.5. The molecule has 1 aliphatic carbocycles. The Hall–Kier alpha value is -2.40. The average Bonchev–Trinajstić information content (AvgIpc) is 3.39. The van der Waals surface area contributed by atoms with Crippen LogP contribution in [-0.4, -0.2) is 11.8 Å². The summed E-state index contributed by atoms with van der Waals surface area (Å²) in [5.74, 6) is -1.25. The molecular formula is C18H16ClFN2O2. The van der Waals surface area contributed by atoms with Gasteiger partial charge in [0.2, 0.25) is 11.8 Å². The number of nitrogens with one attached hydrogen (secondary N) is 2. The summed E-state index contributed by atoms with van der Waals surface area (Å²) in [6, 6.07) is 13.4. The monoisotopic (exact) mass is 346 g/mol. The van der Waals surface area contributed by atoms with Gasteiger partial charge in [-0.2, -0.15) is 0 Å². The maximum atomic E-state index is 13.2. The molecule has 2 aromatic rings. The van der Waals surface area contributed by atoms with E-state index in [9.17, 15) is 14.0 Å². The SMILES string of the molecule is O=C(NCc1ccccc1)C1(C(=O)Nc2ccc(F)c(Cl)c2)CC1. The summed E-state index contributed by atoms with van der Waals surface area (Å²) in [5.41, 5.74) is 0.288. The molecule has 2 amide bonds. The van der Waals surface area contributed by atoms with Gasteiger partial charge in [0.05, 0.1) is 5.02 Å². The standard InChI is InChI=1S/C18H16ClFN2O2/c19-14-10-13(6-7-15(14)20)22-17(24)18(8-9-18)16(23)21-11-12-4-2-1-3-5-12/h1-7,10H,8-9,11H2,(H,21,23)(H,22,24). The van der Waals surface area contributed by atoms with Crippen molar-refractivity contribution in [1.29, 1.82) is 0 Å². The molecule has 0 atom stereocenters. The Kier molecular flexibility index (Phi) is 4.53. The quantitative estimate of drug-likeness (QED) is 0.814. The number of anilines is 1. The van der Waals surface area contributed by atoms with Gasteiger partial charge >= 0.3 is 0 Å². The van der Waals surface area contributed by atoms with Crippen LogP contribution in [-0.2, 0) is 16.1 Å². The smallest absolute Gasteiger partial charge is 0.240 e. The van der Waals surface area contributed by atoms with Gasteiger partial charge in [-0.05, 0) is 36.6 Å². The summed E-state index contributed by atoms with van der Waals surface area (Å²) >= 11 is 5.70. The molecular weight excluding hydrogens is 331 g/mol. The normalized spacial score (nSPS) is 14.8. The lowest BCUT2D eigenvalue weighted by atomic mass is 10.0. The third-order valence-corrected chi connectivity index (χ3v) is 4.38. The van der Waals surface area contributed by atoms with Crippen molar-refractivity contribution in [2.45, 2.75) is 19.4 Å². The van der Waals surface area contributed by atoms with E-state index in [0.29, 0.717) is 25.1 Å². The highest BCUT2D eigenvalue weighted by Gasteiger charge is 2.56. The molecule has 0 radical (unpaired) electrons. The summed E-state index contributed by atoms with van der Waals surface area (Å²) in [7, 11) is 0. The molecule has 2 aromatic carbocycles. The summed E-state index contributed by atoms with van der Waals surface area (Å²) in [6.07, 6.45) is 0.989. The first-order valence-electron chi connectivity index (χ1n) is 7.60. The van der Waals surface area contributed by atoms with E-state index in [-0.39, 0.29) is 10.9 Å². The fraction of sp³-hybridized carbons (Fsp3) is 0.222. The number of benzene rings is 2. The summed E-state index contributed by atoms with van der Waals surface area (Å²) in [4.78, 5) is 24.8. The first kappa shape index (κ1) is 16.5. The van der Waals surface area contributed by atoms with E-state index in [4.69, 9.17) is 11.6 Å². The molecule has 4 nitrogen and oxygen atoms in total. The van der Waals surface area contributed by atoms with Gasteiger partial charge < -0.3 is 10.6 Å². The molecule has 0 aromatic heterocycles. The van der Waals surface area contributed by atoms with E-state index in [1.807, 2.05) is 30.3 Å². The average molecular weight is 347 g/mol. The molecule has 0 saturated heterocycles. The minimum absolute atomic E-state index is 0.0776. The fourth-order valence-electron chi connectivity index (χ4n) is 2.45. The van der Waals surface area contributed by atoms with Crippen LogP contribution in [0.3, 0.4) is 0 Å². The zero-order valence-electron chi connectivity index (χ0n) is 12.8. The van der Waals surface area contributed by atoms with Crippen molar-refractivity contribution in [2.24, 2.45) is 5.41 Å². The molecule has 6 heteroatoms. The Balaban J connectivity index is 1.63. The molecule has 1 aliphatic rings. The lowest BCUT2D eigenvalue weighted by Gasteiger charge is -2.15. The van der Waals surface area contributed by atoms with Gasteiger partial charge in [-0.1, -0.05) is 41.9 Å². The number of carbonyl (C=O) groups excluding carboxylic acids is 2. The predicted molar refractivity (Wildman–Crippen MR) is 90.0 cm³/mol. The molecule has 0 spiro atoms. The second-order valence-electron chi connectivity index (χ2n) is 5.83. The van der Waals surface area contributed by atoms with Crippen LogP contribution in [0.5, 0.6) is 0 Å². The number of amides is 2. The second kappa shape index (κ2) is 6.61. The molecule has 1 fully saturated rings. The van der Waals surface area contributed by atoms with Gasteiger partial charge in [0.15, 0.2) is 0 Å². The third kappa shape index (κ3) is 3.41. The zero-order valence-corrected chi connectivity index (χ0v) is 13.6. The zero-order chi connectivity index (χ0) is 17.2. The van der Waals surface area contributed by atoms with Crippen LogP contribution in [0.25, 0.3) is 0 Å². The minimum Gasteiger partial charge on any atom is -0.351 e. The van der Waals surface area contributed by atoms with Crippen molar-refractivity contribution >= 4 is 29.1 Å². The van der Waals surface area contributed by atoms with Crippen LogP contribution >= 0.6 is 11.6 Å². The summed E-state index contributed by atoms with van der Waals surface area (Å²) in [6.45, 7) is 0.372. The Morgan fingerprint density at radius 2 is 1.79 bits per heavy atom. The second-order valence-corrected chi connectivity index (χ2v) is 6.24. The van der Waals surface area contributed by atoms with Gasteiger partial charge in [-0.3, -0.25) is 9.59 Å². The molecule has 0 unspecified atom stereocenters. The number of halogens is 2. The van der Waals surface area contributed by atoms with E-state index in [1.54, 1.807) is 0 Å². The van der Waals surface area contributed by atoms with Gasteiger partial charge in [-0.15, -0.1) is 0 Å². The Bertz CT molecular complexity index is 776. The maximum Gasteiger partial charge on any atom is 0.240 e. The van der Waals surface area contributed by atoms with Crippen LogP contribution in [0.2, 0.25) is 5.02 Å². The Labute approximate surface area is 144 Å². The highest BCUT2D eigenvalue weighted by molar-refractivity contribution is 6.31. The van der Waals surface area contributed by atoms with Crippen LogP contribution in [0.4, 0.5) is 10.1 Å². The molecule has 0 aliphatic heterocycles. The van der Waals surface area contributed by atoms with Crippen LogP contribution in [0, 0.1) is 11.2 Å². The molecule has 0 bridgehead atoms. The largest absolute Gasteiger partial charge is 0.351 e. The third-order valence-electron chi connectivity index (χ3n) is 4.09. The molecule has 2 N–H and O–H groups in total. The molecule has 24 heavy (non-hydrogen) atoms. The Morgan fingerprint density at radius 3 is 2.42 bits per heavy atom. The van der Waals surface area contributed by atoms with E-state index < -0.39 is 17.1 Å². The van der Waals surface area contributed by atoms with E-state index >= 15 is 0 Å².